The molecule has 3 rings (SSSR count). The second-order valence-corrected chi connectivity index (χ2v) is 6.69. The molecule has 0 saturated heterocycles. The number of hydrogen-bond donors (Lipinski definition) is 1. The van der Waals surface area contributed by atoms with Gasteiger partial charge in [0, 0.05) is 17.3 Å². The molecule has 0 fully saturated rings. The first-order valence-electron chi connectivity index (χ1n) is 9.59. The molecule has 0 unspecified atom stereocenters. The van der Waals surface area contributed by atoms with Crippen molar-refractivity contribution in [2.24, 2.45) is 0 Å². The van der Waals surface area contributed by atoms with Gasteiger partial charge in [0.05, 0.1) is 6.10 Å². The maximum atomic E-state index is 12.6. The molecule has 0 atom stereocenters. The van der Waals surface area contributed by atoms with Gasteiger partial charge in [0.15, 0.2) is 0 Å². The summed E-state index contributed by atoms with van der Waals surface area (Å²) in [7, 11) is 0. The highest BCUT2D eigenvalue weighted by atomic mass is 16.5. The monoisotopic (exact) mass is 391 g/mol. The van der Waals surface area contributed by atoms with E-state index in [1.807, 2.05) is 68.4 Å². The highest BCUT2D eigenvalue weighted by molar-refractivity contribution is 6.04. The number of para-hydroxylation sites is 1. The fourth-order valence-corrected chi connectivity index (χ4v) is 2.69. The van der Waals surface area contributed by atoms with Crippen LogP contribution in [0.3, 0.4) is 0 Å². The molecule has 0 aromatic heterocycles. The van der Waals surface area contributed by atoms with Crippen molar-refractivity contribution in [3.8, 4) is 17.2 Å². The van der Waals surface area contributed by atoms with Crippen LogP contribution >= 0.6 is 0 Å². The SMILES string of the molecule is CC(C)Oc1cccc(C(=O)Nc2cccc(OCCOc3ccccc3)c2)c1. The van der Waals surface area contributed by atoms with Crippen molar-refractivity contribution in [1.82, 2.24) is 0 Å². The fraction of sp³-hybridized carbons (Fsp3) is 0.208. The van der Waals surface area contributed by atoms with Gasteiger partial charge in [-0.15, -0.1) is 0 Å². The summed E-state index contributed by atoms with van der Waals surface area (Å²) >= 11 is 0. The number of benzene rings is 3. The zero-order valence-corrected chi connectivity index (χ0v) is 16.6. The Balaban J connectivity index is 1.53. The lowest BCUT2D eigenvalue weighted by atomic mass is 10.2. The largest absolute Gasteiger partial charge is 0.491 e. The van der Waals surface area contributed by atoms with E-state index in [2.05, 4.69) is 5.32 Å². The Kier molecular flexibility index (Phi) is 7.11. The maximum absolute atomic E-state index is 12.6. The molecule has 0 saturated carbocycles. The minimum absolute atomic E-state index is 0.0491. The minimum atomic E-state index is -0.205. The molecule has 0 heterocycles. The number of carbonyl (C=O) groups is 1. The Morgan fingerprint density at radius 3 is 2.21 bits per heavy atom. The third kappa shape index (κ3) is 6.57. The molecule has 5 heteroatoms. The quantitative estimate of drug-likeness (QED) is 0.511. The van der Waals surface area contributed by atoms with Gasteiger partial charge in [0.25, 0.3) is 5.91 Å². The normalized spacial score (nSPS) is 10.4. The van der Waals surface area contributed by atoms with Crippen LogP contribution in [0.25, 0.3) is 0 Å². The minimum Gasteiger partial charge on any atom is -0.491 e. The lowest BCUT2D eigenvalue weighted by molar-refractivity contribution is 0.102. The number of hydrogen-bond acceptors (Lipinski definition) is 4. The molecule has 0 aliphatic rings. The van der Waals surface area contributed by atoms with Crippen LogP contribution in [0.1, 0.15) is 24.2 Å². The van der Waals surface area contributed by atoms with Crippen molar-refractivity contribution >= 4 is 11.6 Å². The van der Waals surface area contributed by atoms with Crippen molar-refractivity contribution in [2.45, 2.75) is 20.0 Å². The van der Waals surface area contributed by atoms with Gasteiger partial charge in [0.1, 0.15) is 30.5 Å². The fourth-order valence-electron chi connectivity index (χ4n) is 2.69. The highest BCUT2D eigenvalue weighted by Gasteiger charge is 2.09. The average Bonchev–Trinajstić information content (AvgIpc) is 2.72. The number of ether oxygens (including phenoxy) is 3. The van der Waals surface area contributed by atoms with Gasteiger partial charge in [-0.25, -0.2) is 0 Å². The molecule has 0 spiro atoms. The first kappa shape index (κ1) is 20.3. The van der Waals surface area contributed by atoms with Crippen LogP contribution in [-0.4, -0.2) is 25.2 Å². The molecule has 0 aliphatic carbocycles. The summed E-state index contributed by atoms with van der Waals surface area (Å²) in [4.78, 5) is 12.6. The Bertz CT molecular complexity index is 925. The van der Waals surface area contributed by atoms with Gasteiger partial charge in [-0.05, 0) is 56.3 Å². The summed E-state index contributed by atoms with van der Waals surface area (Å²) in [6.07, 6.45) is 0.0491. The summed E-state index contributed by atoms with van der Waals surface area (Å²) in [5.41, 5.74) is 1.19. The van der Waals surface area contributed by atoms with Gasteiger partial charge >= 0.3 is 0 Å². The smallest absolute Gasteiger partial charge is 0.255 e. The summed E-state index contributed by atoms with van der Waals surface area (Å²) < 4.78 is 17.0. The number of anilines is 1. The molecule has 5 nitrogen and oxygen atoms in total. The van der Waals surface area contributed by atoms with Crippen LogP contribution in [-0.2, 0) is 0 Å². The standard InChI is InChI=1S/C24H25NO4/c1-18(2)29-23-13-6-8-19(16-23)24(26)25-20-9-7-12-22(17-20)28-15-14-27-21-10-4-3-5-11-21/h3-13,16-18H,14-15H2,1-2H3,(H,25,26). The predicted octanol–water partition coefficient (Wildman–Crippen LogP) is 5.18. The van der Waals surface area contributed by atoms with E-state index in [-0.39, 0.29) is 12.0 Å². The van der Waals surface area contributed by atoms with Crippen molar-refractivity contribution in [2.75, 3.05) is 18.5 Å². The van der Waals surface area contributed by atoms with E-state index in [1.54, 1.807) is 24.3 Å². The number of nitrogens with one attached hydrogen (secondary N) is 1. The van der Waals surface area contributed by atoms with Gasteiger partial charge in [-0.3, -0.25) is 4.79 Å². The molecule has 150 valence electrons. The second-order valence-electron chi connectivity index (χ2n) is 6.69. The Morgan fingerprint density at radius 2 is 1.45 bits per heavy atom. The van der Waals surface area contributed by atoms with Gasteiger partial charge < -0.3 is 19.5 Å². The van der Waals surface area contributed by atoms with E-state index in [9.17, 15) is 4.79 Å². The van der Waals surface area contributed by atoms with Crippen LogP contribution in [0.15, 0.2) is 78.9 Å². The summed E-state index contributed by atoms with van der Waals surface area (Å²) in [6.45, 7) is 4.73. The zero-order valence-electron chi connectivity index (χ0n) is 16.6. The maximum Gasteiger partial charge on any atom is 0.255 e. The van der Waals surface area contributed by atoms with E-state index in [0.29, 0.717) is 36.0 Å². The van der Waals surface area contributed by atoms with Crippen LogP contribution in [0.5, 0.6) is 17.2 Å². The van der Waals surface area contributed by atoms with E-state index >= 15 is 0 Å². The van der Waals surface area contributed by atoms with Gasteiger partial charge in [0.2, 0.25) is 0 Å². The van der Waals surface area contributed by atoms with E-state index in [1.165, 1.54) is 0 Å². The first-order chi connectivity index (χ1) is 14.1. The molecule has 3 aromatic rings. The van der Waals surface area contributed by atoms with Gasteiger partial charge in [-0.1, -0.05) is 30.3 Å². The third-order valence-electron chi connectivity index (χ3n) is 3.92. The Morgan fingerprint density at radius 1 is 0.793 bits per heavy atom. The van der Waals surface area contributed by atoms with Crippen LogP contribution in [0.2, 0.25) is 0 Å². The summed E-state index contributed by atoms with van der Waals surface area (Å²) in [5.74, 6) is 1.93. The van der Waals surface area contributed by atoms with E-state index < -0.39 is 0 Å². The van der Waals surface area contributed by atoms with Gasteiger partial charge in [-0.2, -0.15) is 0 Å². The van der Waals surface area contributed by atoms with Crippen molar-refractivity contribution < 1.29 is 19.0 Å². The lowest BCUT2D eigenvalue weighted by Crippen LogP contribution is -2.13. The molecule has 1 amide bonds. The molecule has 3 aromatic carbocycles. The Hall–Kier alpha value is -3.47. The van der Waals surface area contributed by atoms with E-state index in [0.717, 1.165) is 5.75 Å². The predicted molar refractivity (Wildman–Crippen MR) is 114 cm³/mol. The molecule has 0 radical (unpaired) electrons. The summed E-state index contributed by atoms with van der Waals surface area (Å²) in [6, 6.07) is 24.0. The van der Waals surface area contributed by atoms with Crippen LogP contribution in [0.4, 0.5) is 5.69 Å². The lowest BCUT2D eigenvalue weighted by Gasteiger charge is -2.12. The molecule has 1 N–H and O–H groups in total. The zero-order chi connectivity index (χ0) is 20.5. The highest BCUT2D eigenvalue weighted by Crippen LogP contribution is 2.20. The Labute approximate surface area is 171 Å². The van der Waals surface area contributed by atoms with Crippen molar-refractivity contribution in [3.63, 3.8) is 0 Å². The molecule has 0 bridgehead atoms. The molecular formula is C24H25NO4. The second kappa shape index (κ2) is 10.2. The summed E-state index contributed by atoms with van der Waals surface area (Å²) in [5, 5.41) is 2.89. The third-order valence-corrected chi connectivity index (χ3v) is 3.92. The topological polar surface area (TPSA) is 56.8 Å². The molecule has 29 heavy (non-hydrogen) atoms. The molecular weight excluding hydrogens is 366 g/mol. The number of rotatable bonds is 9. The van der Waals surface area contributed by atoms with Crippen molar-refractivity contribution in [3.05, 3.63) is 84.4 Å². The van der Waals surface area contributed by atoms with Crippen molar-refractivity contribution in [1.29, 1.82) is 0 Å². The van der Waals surface area contributed by atoms with Crippen LogP contribution in [0, 0.1) is 0 Å². The van der Waals surface area contributed by atoms with E-state index in [4.69, 9.17) is 14.2 Å². The first-order valence-corrected chi connectivity index (χ1v) is 9.59. The average molecular weight is 391 g/mol. The number of amides is 1. The molecule has 0 aliphatic heterocycles. The van der Waals surface area contributed by atoms with Crippen LogP contribution < -0.4 is 19.5 Å². The number of carbonyl (C=O) groups excluding carboxylic acids is 1.